The molecule has 3 aromatic rings. The summed E-state index contributed by atoms with van der Waals surface area (Å²) in [4.78, 5) is 12.5. The van der Waals surface area contributed by atoms with Gasteiger partial charge in [0.15, 0.2) is 5.75 Å². The van der Waals surface area contributed by atoms with Gasteiger partial charge < -0.3 is 14.2 Å². The Labute approximate surface area is 211 Å². The van der Waals surface area contributed by atoms with Crippen molar-refractivity contribution in [2.75, 3.05) is 12.4 Å². The molecule has 0 spiro atoms. The summed E-state index contributed by atoms with van der Waals surface area (Å²) < 4.78 is 35.6. The van der Waals surface area contributed by atoms with Gasteiger partial charge in [-0.3, -0.25) is 4.79 Å². The summed E-state index contributed by atoms with van der Waals surface area (Å²) in [6, 6.07) is 16.7. The summed E-state index contributed by atoms with van der Waals surface area (Å²) in [5.74, 6) is -1.03. The molecule has 0 aliphatic rings. The Morgan fingerprint density at radius 1 is 1.00 bits per heavy atom. The van der Waals surface area contributed by atoms with Crippen molar-refractivity contribution >= 4 is 62.6 Å². The van der Waals surface area contributed by atoms with Crippen LogP contribution in [0.2, 0.25) is 15.1 Å². The van der Waals surface area contributed by atoms with Crippen LogP contribution in [0.15, 0.2) is 71.1 Å². The number of nitrogens with zero attached hydrogens (tertiary/aromatic N) is 1. The molecule has 1 N–H and O–H groups in total. The second-order valence-corrected chi connectivity index (χ2v) is 9.37. The summed E-state index contributed by atoms with van der Waals surface area (Å²) >= 11 is 18.4. The normalized spacial score (nSPS) is 11.4. The van der Waals surface area contributed by atoms with Gasteiger partial charge in [-0.1, -0.05) is 59.1 Å². The molecule has 0 aliphatic heterocycles. The first-order chi connectivity index (χ1) is 16.2. The lowest BCUT2D eigenvalue weighted by Crippen LogP contribution is -2.14. The quantitative estimate of drug-likeness (QED) is 0.226. The lowest BCUT2D eigenvalue weighted by molar-refractivity contribution is -0.112. The van der Waals surface area contributed by atoms with Crippen molar-refractivity contribution in [3.05, 3.63) is 86.9 Å². The first-order valence-electron chi connectivity index (χ1n) is 9.40. The van der Waals surface area contributed by atoms with E-state index in [9.17, 15) is 18.5 Å². The van der Waals surface area contributed by atoms with Crippen LogP contribution in [0.3, 0.4) is 0 Å². The van der Waals surface area contributed by atoms with Crippen LogP contribution < -0.4 is 14.2 Å². The molecular weight excluding hydrogens is 523 g/mol. The topological polar surface area (TPSA) is 105 Å². The number of halogens is 3. The Kier molecular flexibility index (Phi) is 8.07. The summed E-state index contributed by atoms with van der Waals surface area (Å²) in [7, 11) is -2.90. The van der Waals surface area contributed by atoms with Gasteiger partial charge in [0.05, 0.1) is 27.9 Å². The number of carbonyl (C=O) groups excluding carboxylic acids is 1. The zero-order valence-electron chi connectivity index (χ0n) is 17.4. The highest BCUT2D eigenvalue weighted by Gasteiger charge is 2.22. The third kappa shape index (κ3) is 5.82. The Balaban J connectivity index is 1.93. The van der Waals surface area contributed by atoms with Gasteiger partial charge in [-0.15, -0.1) is 0 Å². The maximum absolute atomic E-state index is 12.6. The number of para-hydroxylation sites is 1. The van der Waals surface area contributed by atoms with E-state index in [2.05, 4.69) is 5.32 Å². The highest BCUT2D eigenvalue weighted by atomic mass is 35.5. The van der Waals surface area contributed by atoms with E-state index in [4.69, 9.17) is 43.7 Å². The fourth-order valence-corrected chi connectivity index (χ4v) is 4.54. The number of nitrogens with one attached hydrogen (secondary N) is 1. The van der Waals surface area contributed by atoms with Gasteiger partial charge in [0.1, 0.15) is 16.5 Å². The molecule has 0 bridgehead atoms. The summed E-state index contributed by atoms with van der Waals surface area (Å²) in [6.45, 7) is 0. The smallest absolute Gasteiger partial charge is 0.339 e. The Hall–Kier alpha value is -3.22. The molecule has 1 amide bonds. The highest BCUT2D eigenvalue weighted by Crippen LogP contribution is 2.39. The maximum Gasteiger partial charge on any atom is 0.339 e. The molecule has 11 heteroatoms. The fourth-order valence-electron chi connectivity index (χ4n) is 2.76. The average Bonchev–Trinajstić information content (AvgIpc) is 2.81. The van der Waals surface area contributed by atoms with Crippen LogP contribution in [0.5, 0.6) is 11.5 Å². The number of ether oxygens (including phenoxy) is 1. The van der Waals surface area contributed by atoms with Crippen LogP contribution >= 0.6 is 34.8 Å². The van der Waals surface area contributed by atoms with E-state index in [0.717, 1.165) is 0 Å². The third-order valence-corrected chi connectivity index (χ3v) is 6.50. The molecule has 0 saturated heterocycles. The van der Waals surface area contributed by atoms with Gasteiger partial charge in [-0.2, -0.15) is 13.7 Å². The van der Waals surface area contributed by atoms with Crippen molar-refractivity contribution in [2.24, 2.45) is 0 Å². The van der Waals surface area contributed by atoms with E-state index >= 15 is 0 Å². The van der Waals surface area contributed by atoms with Crippen molar-refractivity contribution in [1.82, 2.24) is 0 Å². The summed E-state index contributed by atoms with van der Waals surface area (Å²) in [5.41, 5.74) is 0.144. The van der Waals surface area contributed by atoms with Crippen LogP contribution in [-0.4, -0.2) is 21.4 Å². The van der Waals surface area contributed by atoms with Crippen LogP contribution in [0.25, 0.3) is 6.08 Å². The molecule has 174 valence electrons. The van der Waals surface area contributed by atoms with Crippen LogP contribution in [0, 0.1) is 11.3 Å². The predicted octanol–water partition coefficient (Wildman–Crippen LogP) is 5.97. The second kappa shape index (κ2) is 10.8. The minimum Gasteiger partial charge on any atom is -0.493 e. The van der Waals surface area contributed by atoms with Crippen LogP contribution in [0.1, 0.15) is 5.56 Å². The number of carbonyl (C=O) groups is 1. The first kappa shape index (κ1) is 25.4. The van der Waals surface area contributed by atoms with Gasteiger partial charge in [-0.05, 0) is 48.0 Å². The van der Waals surface area contributed by atoms with E-state index < -0.39 is 16.0 Å². The lowest BCUT2D eigenvalue weighted by Gasteiger charge is -2.13. The largest absolute Gasteiger partial charge is 0.493 e. The zero-order valence-corrected chi connectivity index (χ0v) is 20.5. The number of methoxy groups -OCH3 is 1. The molecule has 0 heterocycles. The SMILES string of the molecule is COc1cc(/C=C(\C#N)C(=O)Nc2c(Cl)cccc2Cl)cc(Cl)c1OS(=O)(=O)c1ccccc1. The number of hydrogen-bond donors (Lipinski definition) is 1. The molecule has 0 atom stereocenters. The number of nitriles is 1. The second-order valence-electron chi connectivity index (χ2n) is 6.61. The van der Waals surface area contributed by atoms with Crippen molar-refractivity contribution in [2.45, 2.75) is 4.90 Å². The molecule has 34 heavy (non-hydrogen) atoms. The molecule has 0 aromatic heterocycles. The van der Waals surface area contributed by atoms with Gasteiger partial charge in [0, 0.05) is 0 Å². The van der Waals surface area contributed by atoms with Gasteiger partial charge in [0.25, 0.3) is 5.91 Å². The first-order valence-corrected chi connectivity index (χ1v) is 11.9. The van der Waals surface area contributed by atoms with Crippen molar-refractivity contribution < 1.29 is 22.1 Å². The van der Waals surface area contributed by atoms with E-state index in [-0.39, 0.29) is 48.3 Å². The molecule has 7 nitrogen and oxygen atoms in total. The molecule has 0 saturated carbocycles. The van der Waals surface area contributed by atoms with Crippen molar-refractivity contribution in [3.63, 3.8) is 0 Å². The molecule has 0 aliphatic carbocycles. The fraction of sp³-hybridized carbons (Fsp3) is 0.0435. The number of hydrogen-bond acceptors (Lipinski definition) is 6. The third-order valence-electron chi connectivity index (χ3n) is 4.35. The minimum absolute atomic E-state index is 0.0231. The van der Waals surface area contributed by atoms with Crippen LogP contribution in [0.4, 0.5) is 5.69 Å². The standard InChI is InChI=1S/C23H15Cl3N2O5S/c1-32-20-12-14(10-15(13-27)23(29)28-21-17(24)8-5-9-18(21)25)11-19(26)22(20)33-34(30,31)16-6-3-2-4-7-16/h2-12H,1H3,(H,28,29)/b15-10+. The predicted molar refractivity (Wildman–Crippen MR) is 131 cm³/mol. The van der Waals surface area contributed by atoms with Crippen LogP contribution in [-0.2, 0) is 14.9 Å². The van der Waals surface area contributed by atoms with Gasteiger partial charge in [-0.25, -0.2) is 0 Å². The molecule has 0 radical (unpaired) electrons. The van der Waals surface area contributed by atoms with E-state index in [1.54, 1.807) is 30.3 Å². The van der Waals surface area contributed by atoms with E-state index in [1.165, 1.54) is 49.6 Å². The Bertz CT molecular complexity index is 1400. The van der Waals surface area contributed by atoms with E-state index in [0.29, 0.717) is 0 Å². The van der Waals surface area contributed by atoms with Gasteiger partial charge >= 0.3 is 10.1 Å². The Morgan fingerprint density at radius 3 is 2.24 bits per heavy atom. The average molecular weight is 538 g/mol. The monoisotopic (exact) mass is 536 g/mol. The zero-order chi connectivity index (χ0) is 24.9. The minimum atomic E-state index is -4.19. The molecule has 0 fully saturated rings. The summed E-state index contributed by atoms with van der Waals surface area (Å²) in [5, 5.41) is 12.3. The molecule has 3 rings (SSSR count). The highest BCUT2D eigenvalue weighted by molar-refractivity contribution is 7.87. The van der Waals surface area contributed by atoms with Crippen molar-refractivity contribution in [3.8, 4) is 17.6 Å². The van der Waals surface area contributed by atoms with Crippen molar-refractivity contribution in [1.29, 1.82) is 5.26 Å². The van der Waals surface area contributed by atoms with E-state index in [1.807, 2.05) is 0 Å². The Morgan fingerprint density at radius 2 is 1.65 bits per heavy atom. The molecule has 0 unspecified atom stereocenters. The lowest BCUT2D eigenvalue weighted by atomic mass is 10.1. The number of rotatable bonds is 7. The number of benzene rings is 3. The molecular formula is C23H15Cl3N2O5S. The number of amides is 1. The summed E-state index contributed by atoms with van der Waals surface area (Å²) in [6.07, 6.45) is 1.24. The molecule has 3 aromatic carbocycles. The van der Waals surface area contributed by atoms with Gasteiger partial charge in [0.2, 0.25) is 5.75 Å². The number of anilines is 1. The maximum atomic E-state index is 12.6.